The van der Waals surface area contributed by atoms with Gasteiger partial charge in [-0.05, 0) is 69.5 Å². The van der Waals surface area contributed by atoms with E-state index in [-0.39, 0.29) is 0 Å². The van der Waals surface area contributed by atoms with Gasteiger partial charge in [0.2, 0.25) is 0 Å². The Morgan fingerprint density at radius 3 is 2.67 bits per heavy atom. The first-order valence-corrected chi connectivity index (χ1v) is 9.37. The Balaban J connectivity index is 1.80. The van der Waals surface area contributed by atoms with E-state index in [1.54, 1.807) is 7.11 Å². The van der Waals surface area contributed by atoms with Crippen molar-refractivity contribution in [2.24, 2.45) is 5.92 Å². The molecule has 0 saturated carbocycles. The van der Waals surface area contributed by atoms with Crippen LogP contribution in [0, 0.1) is 31.1 Å². The fourth-order valence-electron chi connectivity index (χ4n) is 3.90. The molecule has 1 aliphatic rings. The van der Waals surface area contributed by atoms with Crippen LogP contribution in [0.2, 0.25) is 0 Å². The summed E-state index contributed by atoms with van der Waals surface area (Å²) in [6.45, 7) is 5.64. The highest BCUT2D eigenvalue weighted by Gasteiger charge is 2.30. The number of piperidine rings is 1. The third-order valence-corrected chi connectivity index (χ3v) is 5.56. The summed E-state index contributed by atoms with van der Waals surface area (Å²) in [5, 5.41) is 21.3. The van der Waals surface area contributed by atoms with Crippen molar-refractivity contribution in [3.05, 3.63) is 46.6 Å². The van der Waals surface area contributed by atoms with Crippen LogP contribution in [0.25, 0.3) is 0 Å². The average Bonchev–Trinajstić information content (AvgIpc) is 2.69. The van der Waals surface area contributed by atoms with Crippen LogP contribution in [-0.4, -0.2) is 42.3 Å². The van der Waals surface area contributed by atoms with Crippen LogP contribution in [0.1, 0.15) is 41.3 Å². The molecule has 2 aromatic rings. The van der Waals surface area contributed by atoms with Gasteiger partial charge in [0.1, 0.15) is 17.4 Å². The fourth-order valence-corrected chi connectivity index (χ4v) is 3.90. The number of aryl methyl sites for hydroxylation is 1. The second-order valence-electron chi connectivity index (χ2n) is 7.23. The minimum Gasteiger partial charge on any atom is -0.497 e. The number of nitrogens with zero attached hydrogens (tertiary/aromatic N) is 4. The molecule has 1 saturated heterocycles. The molecule has 142 valence electrons. The van der Waals surface area contributed by atoms with Gasteiger partial charge in [0.05, 0.1) is 12.8 Å². The molecule has 2 unspecified atom stereocenters. The Bertz CT molecular complexity index is 828. The number of methoxy groups -OCH3 is 1. The first kappa shape index (κ1) is 19.1. The molecule has 2 heterocycles. The van der Waals surface area contributed by atoms with Crippen molar-refractivity contribution in [2.75, 3.05) is 32.6 Å². The molecular formula is C21H27N5O. The molecule has 1 aromatic heterocycles. The third-order valence-electron chi connectivity index (χ3n) is 5.56. The summed E-state index contributed by atoms with van der Waals surface area (Å²) in [4.78, 5) is 2.41. The van der Waals surface area contributed by atoms with E-state index in [1.165, 1.54) is 12.0 Å². The van der Waals surface area contributed by atoms with Crippen LogP contribution < -0.4 is 10.1 Å². The molecule has 6 nitrogen and oxygen atoms in total. The predicted octanol–water partition coefficient (Wildman–Crippen LogP) is 3.47. The molecule has 1 aromatic carbocycles. The van der Waals surface area contributed by atoms with Crippen molar-refractivity contribution >= 4 is 5.82 Å². The molecule has 0 amide bonds. The lowest BCUT2D eigenvalue weighted by molar-refractivity contribution is 0.127. The van der Waals surface area contributed by atoms with E-state index >= 15 is 0 Å². The third kappa shape index (κ3) is 4.04. The van der Waals surface area contributed by atoms with Crippen LogP contribution in [0.3, 0.4) is 0 Å². The molecule has 0 aliphatic carbocycles. The summed E-state index contributed by atoms with van der Waals surface area (Å²) in [7, 11) is 3.86. The highest BCUT2D eigenvalue weighted by atomic mass is 16.5. The Morgan fingerprint density at radius 1 is 1.26 bits per heavy atom. The Morgan fingerprint density at radius 2 is 2.00 bits per heavy atom. The number of ether oxygens (including phenoxy) is 1. The topological polar surface area (TPSA) is 74.1 Å². The smallest absolute Gasteiger partial charge is 0.166 e. The lowest BCUT2D eigenvalue weighted by atomic mass is 9.85. The van der Waals surface area contributed by atoms with E-state index in [1.807, 2.05) is 26.0 Å². The van der Waals surface area contributed by atoms with Gasteiger partial charge in [-0.3, -0.25) is 4.90 Å². The van der Waals surface area contributed by atoms with E-state index in [9.17, 15) is 5.26 Å². The minimum atomic E-state index is 0.321. The number of rotatable bonds is 5. The Labute approximate surface area is 161 Å². The monoisotopic (exact) mass is 365 g/mol. The van der Waals surface area contributed by atoms with Crippen LogP contribution in [0.5, 0.6) is 5.75 Å². The highest BCUT2D eigenvalue weighted by molar-refractivity contribution is 5.55. The average molecular weight is 365 g/mol. The van der Waals surface area contributed by atoms with Crippen molar-refractivity contribution in [2.45, 2.75) is 32.7 Å². The zero-order valence-electron chi connectivity index (χ0n) is 16.5. The standard InChI is InChI=1S/C21H27N5O/c1-14-15(2)24-25-21(19(14)12-22)23-13-17-6-5-11-26(3)20(17)16-7-9-18(27-4)10-8-16/h7-10,17,20H,5-6,11,13H2,1-4H3,(H,23,25). The van der Waals surface area contributed by atoms with Gasteiger partial charge in [-0.2, -0.15) is 10.4 Å². The molecule has 2 atom stereocenters. The minimum absolute atomic E-state index is 0.321. The van der Waals surface area contributed by atoms with Crippen molar-refractivity contribution < 1.29 is 4.74 Å². The van der Waals surface area contributed by atoms with Crippen LogP contribution in [-0.2, 0) is 0 Å². The first-order valence-electron chi connectivity index (χ1n) is 9.37. The molecule has 0 bridgehead atoms. The number of benzene rings is 1. The van der Waals surface area contributed by atoms with E-state index in [2.05, 4.69) is 45.7 Å². The van der Waals surface area contributed by atoms with Crippen molar-refractivity contribution in [1.82, 2.24) is 15.1 Å². The van der Waals surface area contributed by atoms with Gasteiger partial charge < -0.3 is 10.1 Å². The number of nitriles is 1. The number of aromatic nitrogens is 2. The van der Waals surface area contributed by atoms with Crippen LogP contribution >= 0.6 is 0 Å². The molecule has 3 rings (SSSR count). The molecule has 0 spiro atoms. The van der Waals surface area contributed by atoms with Crippen molar-refractivity contribution in [1.29, 1.82) is 5.26 Å². The summed E-state index contributed by atoms with van der Waals surface area (Å²) < 4.78 is 5.29. The zero-order valence-corrected chi connectivity index (χ0v) is 16.5. The maximum atomic E-state index is 9.50. The number of likely N-dealkylation sites (tertiary alicyclic amines) is 1. The van der Waals surface area contributed by atoms with Crippen molar-refractivity contribution in [3.8, 4) is 11.8 Å². The fraction of sp³-hybridized carbons (Fsp3) is 0.476. The van der Waals surface area contributed by atoms with Crippen molar-refractivity contribution in [3.63, 3.8) is 0 Å². The van der Waals surface area contributed by atoms with E-state index in [0.717, 1.165) is 36.5 Å². The summed E-state index contributed by atoms with van der Waals surface area (Å²) in [5.41, 5.74) is 3.57. The normalized spacial score (nSPS) is 20.1. The summed E-state index contributed by atoms with van der Waals surface area (Å²) in [6, 6.07) is 10.9. The Hall–Kier alpha value is -2.65. The lowest BCUT2D eigenvalue weighted by Gasteiger charge is -2.39. The molecule has 1 aliphatic heterocycles. The second kappa shape index (κ2) is 8.36. The van der Waals surface area contributed by atoms with Gasteiger partial charge in [-0.1, -0.05) is 12.1 Å². The van der Waals surface area contributed by atoms with Gasteiger partial charge in [0.15, 0.2) is 5.82 Å². The van der Waals surface area contributed by atoms with Gasteiger partial charge in [0.25, 0.3) is 0 Å². The largest absolute Gasteiger partial charge is 0.497 e. The van der Waals surface area contributed by atoms with Gasteiger partial charge in [-0.15, -0.1) is 5.10 Å². The summed E-state index contributed by atoms with van der Waals surface area (Å²) >= 11 is 0. The maximum absolute atomic E-state index is 9.50. The Kier molecular flexibility index (Phi) is 5.92. The molecule has 1 fully saturated rings. The van der Waals surface area contributed by atoms with Crippen LogP contribution in [0.4, 0.5) is 5.82 Å². The van der Waals surface area contributed by atoms with Gasteiger partial charge in [-0.25, -0.2) is 0 Å². The first-order chi connectivity index (χ1) is 13.0. The van der Waals surface area contributed by atoms with E-state index in [0.29, 0.717) is 23.3 Å². The number of nitrogens with one attached hydrogen (secondary N) is 1. The molecule has 1 N–H and O–H groups in total. The summed E-state index contributed by atoms with van der Waals surface area (Å²) in [5.74, 6) is 1.88. The lowest BCUT2D eigenvalue weighted by Crippen LogP contribution is -2.39. The molecule has 6 heteroatoms. The highest BCUT2D eigenvalue weighted by Crippen LogP contribution is 2.36. The van der Waals surface area contributed by atoms with Crippen LogP contribution in [0.15, 0.2) is 24.3 Å². The molecule has 27 heavy (non-hydrogen) atoms. The number of hydrogen-bond donors (Lipinski definition) is 1. The zero-order chi connectivity index (χ0) is 19.4. The summed E-state index contributed by atoms with van der Waals surface area (Å²) in [6.07, 6.45) is 2.30. The molecule has 0 radical (unpaired) electrons. The van der Waals surface area contributed by atoms with E-state index in [4.69, 9.17) is 4.74 Å². The molecular weight excluding hydrogens is 338 g/mol. The predicted molar refractivity (Wildman–Crippen MR) is 106 cm³/mol. The van der Waals surface area contributed by atoms with Gasteiger partial charge in [0, 0.05) is 12.6 Å². The number of anilines is 1. The maximum Gasteiger partial charge on any atom is 0.166 e. The van der Waals surface area contributed by atoms with Gasteiger partial charge >= 0.3 is 0 Å². The van der Waals surface area contributed by atoms with E-state index < -0.39 is 0 Å². The SMILES string of the molecule is COc1ccc(C2C(CNc3nnc(C)c(C)c3C#N)CCCN2C)cc1. The number of hydrogen-bond acceptors (Lipinski definition) is 6. The quantitative estimate of drug-likeness (QED) is 0.874. The second-order valence-corrected chi connectivity index (χ2v) is 7.23.